The van der Waals surface area contributed by atoms with Gasteiger partial charge in [0, 0.05) is 19.4 Å². The first-order chi connectivity index (χ1) is 11.6. The van der Waals surface area contributed by atoms with Crippen LogP contribution in [0.15, 0.2) is 59.2 Å². The molecule has 0 unspecified atom stereocenters. The van der Waals surface area contributed by atoms with Crippen LogP contribution in [-0.4, -0.2) is 11.9 Å². The quantitative estimate of drug-likeness (QED) is 0.588. The lowest BCUT2D eigenvalue weighted by molar-refractivity contribution is -0.131. The molecular weight excluding hydrogens is 306 g/mol. The van der Waals surface area contributed by atoms with Crippen LogP contribution in [0.25, 0.3) is 10.8 Å². The SMILES string of the molecule is CC(=O)N[C@@H](c1ccco1)c1c(OC(C)=O)ccc2ccccc12. The monoisotopic (exact) mass is 323 g/mol. The minimum absolute atomic E-state index is 0.210. The maximum atomic E-state index is 11.7. The highest BCUT2D eigenvalue weighted by molar-refractivity contribution is 5.90. The number of carbonyl (C=O) groups excluding carboxylic acids is 2. The molecule has 1 aromatic heterocycles. The molecule has 0 aliphatic rings. The Hall–Kier alpha value is -3.08. The maximum absolute atomic E-state index is 11.7. The van der Waals surface area contributed by atoms with E-state index < -0.39 is 12.0 Å². The lowest BCUT2D eigenvalue weighted by Gasteiger charge is -2.21. The highest BCUT2D eigenvalue weighted by atomic mass is 16.5. The molecule has 0 bridgehead atoms. The Morgan fingerprint density at radius 2 is 1.83 bits per heavy atom. The second-order valence-electron chi connectivity index (χ2n) is 5.44. The highest BCUT2D eigenvalue weighted by Crippen LogP contribution is 2.36. The van der Waals surface area contributed by atoms with Gasteiger partial charge >= 0.3 is 5.97 Å². The summed E-state index contributed by atoms with van der Waals surface area (Å²) in [6.07, 6.45) is 1.54. The second kappa shape index (κ2) is 6.58. The first kappa shape index (κ1) is 15.8. The molecule has 3 rings (SSSR count). The predicted molar refractivity (Wildman–Crippen MR) is 89.6 cm³/mol. The number of furan rings is 1. The van der Waals surface area contributed by atoms with Crippen molar-refractivity contribution in [3.63, 3.8) is 0 Å². The largest absolute Gasteiger partial charge is 0.467 e. The third kappa shape index (κ3) is 3.15. The minimum Gasteiger partial charge on any atom is -0.467 e. The second-order valence-corrected chi connectivity index (χ2v) is 5.44. The van der Waals surface area contributed by atoms with Crippen LogP contribution in [0.1, 0.15) is 31.2 Å². The Labute approximate surface area is 139 Å². The number of benzene rings is 2. The summed E-state index contributed by atoms with van der Waals surface area (Å²) in [5.41, 5.74) is 0.688. The Morgan fingerprint density at radius 1 is 1.04 bits per heavy atom. The molecule has 1 amide bonds. The summed E-state index contributed by atoms with van der Waals surface area (Å²) >= 11 is 0. The normalized spacial score (nSPS) is 11.9. The molecular formula is C19H17NO4. The number of amides is 1. The van der Waals surface area contributed by atoms with Gasteiger partial charge in [0.25, 0.3) is 0 Å². The van der Waals surface area contributed by atoms with E-state index in [0.29, 0.717) is 17.1 Å². The molecule has 0 aliphatic heterocycles. The average Bonchev–Trinajstić information content (AvgIpc) is 3.06. The van der Waals surface area contributed by atoms with Crippen molar-refractivity contribution >= 4 is 22.6 Å². The van der Waals surface area contributed by atoms with Gasteiger partial charge in [0.05, 0.1) is 6.26 Å². The molecule has 122 valence electrons. The van der Waals surface area contributed by atoms with E-state index in [4.69, 9.17) is 9.15 Å². The molecule has 0 saturated heterocycles. The van der Waals surface area contributed by atoms with Crippen LogP contribution in [0.2, 0.25) is 0 Å². The number of nitrogens with one attached hydrogen (secondary N) is 1. The summed E-state index contributed by atoms with van der Waals surface area (Å²) < 4.78 is 10.9. The lowest BCUT2D eigenvalue weighted by Crippen LogP contribution is -2.27. The van der Waals surface area contributed by atoms with E-state index >= 15 is 0 Å². The molecule has 0 radical (unpaired) electrons. The van der Waals surface area contributed by atoms with Gasteiger partial charge in [0.1, 0.15) is 17.6 Å². The molecule has 1 heterocycles. The number of hydrogen-bond donors (Lipinski definition) is 1. The smallest absolute Gasteiger partial charge is 0.308 e. The van der Waals surface area contributed by atoms with Crippen LogP contribution < -0.4 is 10.1 Å². The van der Waals surface area contributed by atoms with Gasteiger partial charge in [-0.15, -0.1) is 0 Å². The van der Waals surface area contributed by atoms with Gasteiger partial charge in [-0.25, -0.2) is 0 Å². The summed E-state index contributed by atoms with van der Waals surface area (Å²) in [5.74, 6) is 0.331. The van der Waals surface area contributed by atoms with E-state index in [1.54, 1.807) is 24.5 Å². The number of ether oxygens (including phenoxy) is 1. The van der Waals surface area contributed by atoms with Crippen LogP contribution in [0.3, 0.4) is 0 Å². The van der Waals surface area contributed by atoms with Gasteiger partial charge in [0.2, 0.25) is 5.91 Å². The van der Waals surface area contributed by atoms with Gasteiger partial charge in [-0.2, -0.15) is 0 Å². The fraction of sp³-hybridized carbons (Fsp3) is 0.158. The summed E-state index contributed by atoms with van der Waals surface area (Å²) in [7, 11) is 0. The van der Waals surface area contributed by atoms with Crippen molar-refractivity contribution in [2.24, 2.45) is 0 Å². The topological polar surface area (TPSA) is 68.5 Å². The summed E-state index contributed by atoms with van der Waals surface area (Å²) in [4.78, 5) is 23.2. The van der Waals surface area contributed by atoms with Crippen LogP contribution in [-0.2, 0) is 9.59 Å². The zero-order valence-electron chi connectivity index (χ0n) is 13.4. The summed E-state index contributed by atoms with van der Waals surface area (Å²) in [5, 5.41) is 4.74. The van der Waals surface area contributed by atoms with E-state index in [1.807, 2.05) is 30.3 Å². The van der Waals surface area contributed by atoms with Gasteiger partial charge in [-0.3, -0.25) is 9.59 Å². The van der Waals surface area contributed by atoms with E-state index in [0.717, 1.165) is 10.8 Å². The molecule has 1 N–H and O–H groups in total. The molecule has 0 aliphatic carbocycles. The Morgan fingerprint density at radius 3 is 2.50 bits per heavy atom. The number of rotatable bonds is 4. The molecule has 0 saturated carbocycles. The Balaban J connectivity index is 2.26. The van der Waals surface area contributed by atoms with Crippen LogP contribution >= 0.6 is 0 Å². The Bertz CT molecular complexity index is 884. The predicted octanol–water partition coefficient (Wildman–Crippen LogP) is 3.58. The first-order valence-electron chi connectivity index (χ1n) is 7.57. The van der Waals surface area contributed by atoms with E-state index in [1.165, 1.54) is 13.8 Å². The maximum Gasteiger partial charge on any atom is 0.308 e. The number of fused-ring (bicyclic) bond motifs is 1. The van der Waals surface area contributed by atoms with Gasteiger partial charge in [-0.1, -0.05) is 30.3 Å². The first-order valence-corrected chi connectivity index (χ1v) is 7.57. The standard InChI is InChI=1S/C19H17NO4/c1-12(21)20-19(17-8-5-11-23-17)18-15-7-4-3-6-14(15)9-10-16(18)24-13(2)22/h3-11,19H,1-2H3,(H,20,21)/t19-/m0/s1. The molecule has 24 heavy (non-hydrogen) atoms. The van der Waals surface area contributed by atoms with Crippen molar-refractivity contribution in [3.05, 3.63) is 66.1 Å². The number of esters is 1. The van der Waals surface area contributed by atoms with Crippen molar-refractivity contribution < 1.29 is 18.7 Å². The summed E-state index contributed by atoms with van der Waals surface area (Å²) in [6, 6.07) is 14.3. The summed E-state index contributed by atoms with van der Waals surface area (Å²) in [6.45, 7) is 2.78. The molecule has 5 nitrogen and oxygen atoms in total. The highest BCUT2D eigenvalue weighted by Gasteiger charge is 2.25. The third-order valence-electron chi connectivity index (χ3n) is 3.65. The molecule has 5 heteroatoms. The zero-order chi connectivity index (χ0) is 17.1. The fourth-order valence-electron chi connectivity index (χ4n) is 2.76. The Kier molecular flexibility index (Phi) is 4.33. The number of hydrogen-bond acceptors (Lipinski definition) is 4. The van der Waals surface area contributed by atoms with Crippen LogP contribution in [0.5, 0.6) is 5.75 Å². The minimum atomic E-state index is -0.557. The van der Waals surface area contributed by atoms with Crippen LogP contribution in [0, 0.1) is 0 Å². The lowest BCUT2D eigenvalue weighted by atomic mass is 9.96. The number of carbonyl (C=O) groups is 2. The molecule has 0 fully saturated rings. The van der Waals surface area contributed by atoms with Crippen molar-refractivity contribution in [1.82, 2.24) is 5.32 Å². The fourth-order valence-corrected chi connectivity index (χ4v) is 2.76. The van der Waals surface area contributed by atoms with Crippen molar-refractivity contribution in [2.45, 2.75) is 19.9 Å². The van der Waals surface area contributed by atoms with Crippen molar-refractivity contribution in [1.29, 1.82) is 0 Å². The average molecular weight is 323 g/mol. The zero-order valence-corrected chi connectivity index (χ0v) is 13.4. The van der Waals surface area contributed by atoms with Gasteiger partial charge < -0.3 is 14.5 Å². The molecule has 2 aromatic carbocycles. The van der Waals surface area contributed by atoms with E-state index in [9.17, 15) is 9.59 Å². The van der Waals surface area contributed by atoms with Gasteiger partial charge in [-0.05, 0) is 29.0 Å². The van der Waals surface area contributed by atoms with Crippen molar-refractivity contribution in [2.75, 3.05) is 0 Å². The van der Waals surface area contributed by atoms with Crippen molar-refractivity contribution in [3.8, 4) is 5.75 Å². The van der Waals surface area contributed by atoms with Gasteiger partial charge in [0.15, 0.2) is 0 Å². The molecule has 1 atom stereocenters. The van der Waals surface area contributed by atoms with E-state index in [2.05, 4.69) is 5.32 Å². The third-order valence-corrected chi connectivity index (χ3v) is 3.65. The molecule has 0 spiro atoms. The van der Waals surface area contributed by atoms with E-state index in [-0.39, 0.29) is 5.91 Å². The van der Waals surface area contributed by atoms with Crippen LogP contribution in [0.4, 0.5) is 0 Å². The molecule has 3 aromatic rings.